The standard InChI is InChI=1S/C21H26FN3O/c1-20(2)10-16-11-21(3,12-20)13-25(16)19(26)18-9-17(23-24(18)4)14-5-7-15(22)8-6-14/h5-9,16H,10-13H2,1-4H3. The van der Waals surface area contributed by atoms with Crippen LogP contribution in [-0.2, 0) is 7.05 Å². The predicted molar refractivity (Wildman–Crippen MR) is 99.2 cm³/mol. The van der Waals surface area contributed by atoms with Crippen molar-refractivity contribution < 1.29 is 9.18 Å². The monoisotopic (exact) mass is 355 g/mol. The highest BCUT2D eigenvalue weighted by Crippen LogP contribution is 2.52. The van der Waals surface area contributed by atoms with E-state index in [1.807, 2.05) is 6.07 Å². The maximum absolute atomic E-state index is 13.3. The number of carbonyl (C=O) groups excluding carboxylic acids is 1. The minimum atomic E-state index is -0.277. The molecule has 2 fully saturated rings. The molecule has 1 aliphatic carbocycles. The molecule has 4 nitrogen and oxygen atoms in total. The van der Waals surface area contributed by atoms with E-state index in [9.17, 15) is 9.18 Å². The zero-order valence-electron chi connectivity index (χ0n) is 15.9. The number of aromatic nitrogens is 2. The molecule has 1 aromatic heterocycles. The number of likely N-dealkylation sites (tertiary alicyclic amines) is 1. The Morgan fingerprint density at radius 2 is 1.88 bits per heavy atom. The Labute approximate surface area is 154 Å². The van der Waals surface area contributed by atoms with Crippen molar-refractivity contribution in [3.05, 3.63) is 41.8 Å². The fraction of sp³-hybridized carbons (Fsp3) is 0.524. The Morgan fingerprint density at radius 3 is 2.58 bits per heavy atom. The Balaban J connectivity index is 1.62. The van der Waals surface area contributed by atoms with Crippen molar-refractivity contribution in [3.8, 4) is 11.3 Å². The molecule has 2 atom stereocenters. The average molecular weight is 355 g/mol. The SMILES string of the molecule is Cn1nc(-c2ccc(F)cc2)cc1C(=O)N1CC2(C)CC1CC(C)(C)C2. The zero-order chi connectivity index (χ0) is 18.7. The van der Waals surface area contributed by atoms with Gasteiger partial charge in [0.15, 0.2) is 0 Å². The molecule has 2 bridgehead atoms. The van der Waals surface area contributed by atoms with Crippen molar-refractivity contribution in [1.82, 2.24) is 14.7 Å². The largest absolute Gasteiger partial charge is 0.334 e. The molecule has 2 unspecified atom stereocenters. The highest BCUT2D eigenvalue weighted by molar-refractivity contribution is 5.94. The van der Waals surface area contributed by atoms with E-state index in [4.69, 9.17) is 0 Å². The van der Waals surface area contributed by atoms with Gasteiger partial charge in [-0.2, -0.15) is 5.10 Å². The van der Waals surface area contributed by atoms with Gasteiger partial charge >= 0.3 is 0 Å². The number of rotatable bonds is 2. The lowest BCUT2D eigenvalue weighted by molar-refractivity contribution is 0.0697. The average Bonchev–Trinajstić information content (AvgIpc) is 3.04. The summed E-state index contributed by atoms with van der Waals surface area (Å²) in [5.41, 5.74) is 2.59. The molecule has 0 N–H and O–H groups in total. The van der Waals surface area contributed by atoms with E-state index < -0.39 is 0 Å². The summed E-state index contributed by atoms with van der Waals surface area (Å²) in [5, 5.41) is 4.48. The molecule has 1 aliphatic heterocycles. The van der Waals surface area contributed by atoms with Crippen molar-refractivity contribution in [3.63, 3.8) is 0 Å². The summed E-state index contributed by atoms with van der Waals surface area (Å²) in [6, 6.07) is 8.35. The van der Waals surface area contributed by atoms with Gasteiger partial charge in [0, 0.05) is 25.2 Å². The van der Waals surface area contributed by atoms with E-state index in [2.05, 4.69) is 30.8 Å². The second-order valence-corrected chi connectivity index (χ2v) is 9.19. The molecule has 4 rings (SSSR count). The van der Waals surface area contributed by atoms with Gasteiger partial charge < -0.3 is 4.90 Å². The number of benzene rings is 1. The molecule has 5 heteroatoms. The molecule has 1 aromatic carbocycles. The fourth-order valence-corrected chi connectivity index (χ4v) is 5.27. The Hall–Kier alpha value is -2.17. The number of hydrogen-bond donors (Lipinski definition) is 0. The number of hydrogen-bond acceptors (Lipinski definition) is 2. The van der Waals surface area contributed by atoms with Crippen LogP contribution in [0.25, 0.3) is 11.3 Å². The summed E-state index contributed by atoms with van der Waals surface area (Å²) in [7, 11) is 1.80. The number of aryl methyl sites for hydroxylation is 1. The Bertz CT molecular complexity index is 855. The molecule has 1 saturated heterocycles. The van der Waals surface area contributed by atoms with Crippen LogP contribution in [0.5, 0.6) is 0 Å². The first kappa shape index (κ1) is 17.3. The van der Waals surface area contributed by atoms with Gasteiger partial charge in [-0.15, -0.1) is 0 Å². The Kier molecular flexibility index (Phi) is 3.76. The molecule has 2 heterocycles. The molecule has 26 heavy (non-hydrogen) atoms. The fourth-order valence-electron chi connectivity index (χ4n) is 5.27. The van der Waals surface area contributed by atoms with Gasteiger partial charge in [-0.25, -0.2) is 4.39 Å². The van der Waals surface area contributed by atoms with E-state index in [0.29, 0.717) is 17.4 Å². The second kappa shape index (κ2) is 5.66. The first-order valence-electron chi connectivity index (χ1n) is 9.27. The molecular weight excluding hydrogens is 329 g/mol. The lowest BCUT2D eigenvalue weighted by Crippen LogP contribution is -2.38. The number of fused-ring (bicyclic) bond motifs is 2. The molecular formula is C21H26FN3O. The van der Waals surface area contributed by atoms with E-state index >= 15 is 0 Å². The van der Waals surface area contributed by atoms with Crippen LogP contribution in [0.15, 0.2) is 30.3 Å². The van der Waals surface area contributed by atoms with Gasteiger partial charge in [0.05, 0.1) is 5.69 Å². The smallest absolute Gasteiger partial charge is 0.272 e. The molecule has 2 aliphatic rings. The van der Waals surface area contributed by atoms with Crippen molar-refractivity contribution in [2.75, 3.05) is 6.54 Å². The summed E-state index contributed by atoms with van der Waals surface area (Å²) in [4.78, 5) is 15.3. The van der Waals surface area contributed by atoms with Gasteiger partial charge in [0.2, 0.25) is 0 Å². The van der Waals surface area contributed by atoms with Gasteiger partial charge in [-0.1, -0.05) is 20.8 Å². The van der Waals surface area contributed by atoms with Crippen LogP contribution >= 0.6 is 0 Å². The second-order valence-electron chi connectivity index (χ2n) is 9.19. The van der Waals surface area contributed by atoms with E-state index in [1.165, 1.54) is 12.1 Å². The molecule has 1 saturated carbocycles. The van der Waals surface area contributed by atoms with Crippen molar-refractivity contribution in [1.29, 1.82) is 0 Å². The molecule has 0 spiro atoms. The number of nitrogens with zero attached hydrogens (tertiary/aromatic N) is 3. The number of carbonyl (C=O) groups is 1. The van der Waals surface area contributed by atoms with Crippen LogP contribution in [0.4, 0.5) is 4.39 Å². The van der Waals surface area contributed by atoms with Gasteiger partial charge in [-0.05, 0) is 60.4 Å². The lowest BCUT2D eigenvalue weighted by Gasteiger charge is -2.39. The van der Waals surface area contributed by atoms with Crippen molar-refractivity contribution in [2.24, 2.45) is 17.9 Å². The maximum atomic E-state index is 13.3. The Morgan fingerprint density at radius 1 is 1.19 bits per heavy atom. The highest BCUT2D eigenvalue weighted by atomic mass is 19.1. The summed E-state index contributed by atoms with van der Waals surface area (Å²) < 4.78 is 14.8. The number of halogens is 1. The highest BCUT2D eigenvalue weighted by Gasteiger charge is 2.51. The van der Waals surface area contributed by atoms with Crippen LogP contribution < -0.4 is 0 Å². The van der Waals surface area contributed by atoms with Crippen LogP contribution in [0.3, 0.4) is 0 Å². The third kappa shape index (κ3) is 2.93. The maximum Gasteiger partial charge on any atom is 0.272 e. The summed E-state index contributed by atoms with van der Waals surface area (Å²) in [5.74, 6) is -0.221. The van der Waals surface area contributed by atoms with E-state index in [1.54, 1.807) is 23.9 Å². The minimum Gasteiger partial charge on any atom is -0.334 e. The van der Waals surface area contributed by atoms with Gasteiger partial charge in [-0.3, -0.25) is 9.48 Å². The zero-order valence-corrected chi connectivity index (χ0v) is 15.9. The molecule has 1 amide bonds. The third-order valence-electron chi connectivity index (χ3n) is 5.91. The molecule has 138 valence electrons. The van der Waals surface area contributed by atoms with Crippen LogP contribution in [0.2, 0.25) is 0 Å². The molecule has 2 aromatic rings. The predicted octanol–water partition coefficient (Wildman–Crippen LogP) is 4.27. The number of amides is 1. The first-order chi connectivity index (χ1) is 12.2. The van der Waals surface area contributed by atoms with Gasteiger partial charge in [0.1, 0.15) is 11.5 Å². The van der Waals surface area contributed by atoms with Crippen LogP contribution in [-0.4, -0.2) is 33.2 Å². The van der Waals surface area contributed by atoms with Crippen LogP contribution in [0, 0.1) is 16.6 Å². The topological polar surface area (TPSA) is 38.1 Å². The lowest BCUT2D eigenvalue weighted by atomic mass is 9.65. The minimum absolute atomic E-state index is 0.0554. The molecule has 0 radical (unpaired) electrons. The van der Waals surface area contributed by atoms with E-state index in [-0.39, 0.29) is 22.6 Å². The normalized spacial score (nSPS) is 27.0. The summed E-state index contributed by atoms with van der Waals surface area (Å²) in [6.45, 7) is 7.74. The van der Waals surface area contributed by atoms with Crippen molar-refractivity contribution >= 4 is 5.91 Å². The quantitative estimate of drug-likeness (QED) is 0.807. The van der Waals surface area contributed by atoms with Gasteiger partial charge in [0.25, 0.3) is 5.91 Å². The van der Waals surface area contributed by atoms with Crippen molar-refractivity contribution in [2.45, 2.75) is 46.1 Å². The summed E-state index contributed by atoms with van der Waals surface area (Å²) in [6.07, 6.45) is 3.30. The third-order valence-corrected chi connectivity index (χ3v) is 5.91. The summed E-state index contributed by atoms with van der Waals surface area (Å²) >= 11 is 0. The first-order valence-corrected chi connectivity index (χ1v) is 9.27. The van der Waals surface area contributed by atoms with E-state index in [0.717, 1.165) is 31.4 Å². The van der Waals surface area contributed by atoms with Crippen LogP contribution in [0.1, 0.15) is 50.5 Å².